The molecule has 0 radical (unpaired) electrons. The Morgan fingerprint density at radius 1 is 1.33 bits per heavy atom. The molecule has 1 aromatic heterocycles. The van der Waals surface area contributed by atoms with Gasteiger partial charge < -0.3 is 10.4 Å². The molecule has 0 saturated heterocycles. The molecule has 1 heterocycles. The van der Waals surface area contributed by atoms with Crippen LogP contribution in [0.2, 0.25) is 0 Å². The van der Waals surface area contributed by atoms with Gasteiger partial charge in [-0.3, -0.25) is 0 Å². The summed E-state index contributed by atoms with van der Waals surface area (Å²) < 4.78 is 1.69. The van der Waals surface area contributed by atoms with Crippen LogP contribution in [-0.2, 0) is 13.1 Å². The normalized spacial score (nSPS) is 19.7. The van der Waals surface area contributed by atoms with Crippen molar-refractivity contribution in [1.29, 1.82) is 0 Å². The summed E-state index contributed by atoms with van der Waals surface area (Å²) >= 11 is 0. The minimum atomic E-state index is 0.113. The van der Waals surface area contributed by atoms with Crippen LogP contribution in [0.1, 0.15) is 31.4 Å². The SMILES string of the molecule is OCCn1cc(CNCC(C2CC2)C2CC2)nn1. The van der Waals surface area contributed by atoms with Gasteiger partial charge in [-0.1, -0.05) is 5.21 Å². The lowest BCUT2D eigenvalue weighted by Gasteiger charge is -2.15. The molecule has 2 saturated carbocycles. The van der Waals surface area contributed by atoms with Crippen molar-refractivity contribution in [2.24, 2.45) is 17.8 Å². The zero-order valence-electron chi connectivity index (χ0n) is 10.8. The van der Waals surface area contributed by atoms with Gasteiger partial charge in [0.25, 0.3) is 0 Å². The second-order valence-electron chi connectivity index (χ2n) is 5.67. The van der Waals surface area contributed by atoms with Gasteiger partial charge in [-0.2, -0.15) is 0 Å². The number of nitrogens with zero attached hydrogens (tertiary/aromatic N) is 3. The second-order valence-corrected chi connectivity index (χ2v) is 5.67. The van der Waals surface area contributed by atoms with Gasteiger partial charge in [0.2, 0.25) is 0 Å². The van der Waals surface area contributed by atoms with Crippen molar-refractivity contribution in [2.75, 3.05) is 13.2 Å². The van der Waals surface area contributed by atoms with Gasteiger partial charge in [0.1, 0.15) is 0 Å². The highest BCUT2D eigenvalue weighted by Gasteiger charge is 2.40. The third-order valence-electron chi connectivity index (χ3n) is 4.06. The quantitative estimate of drug-likeness (QED) is 0.716. The van der Waals surface area contributed by atoms with Crippen LogP contribution in [-0.4, -0.2) is 33.3 Å². The van der Waals surface area contributed by atoms with E-state index in [9.17, 15) is 0 Å². The Hall–Kier alpha value is -0.940. The predicted molar refractivity (Wildman–Crippen MR) is 67.8 cm³/mol. The van der Waals surface area contributed by atoms with E-state index in [1.807, 2.05) is 6.20 Å². The van der Waals surface area contributed by atoms with Crippen LogP contribution in [0.15, 0.2) is 6.20 Å². The van der Waals surface area contributed by atoms with E-state index in [1.165, 1.54) is 25.7 Å². The summed E-state index contributed by atoms with van der Waals surface area (Å²) in [5.74, 6) is 2.89. The highest BCUT2D eigenvalue weighted by molar-refractivity contribution is 4.95. The van der Waals surface area contributed by atoms with E-state index in [2.05, 4.69) is 15.6 Å². The summed E-state index contributed by atoms with van der Waals surface area (Å²) in [6.07, 6.45) is 7.67. The van der Waals surface area contributed by atoms with Crippen LogP contribution in [0.3, 0.4) is 0 Å². The molecule has 2 aliphatic rings. The molecule has 100 valence electrons. The number of aliphatic hydroxyl groups excluding tert-OH is 1. The maximum absolute atomic E-state index is 8.81. The van der Waals surface area contributed by atoms with E-state index < -0.39 is 0 Å². The summed E-state index contributed by atoms with van der Waals surface area (Å²) in [6.45, 7) is 2.56. The lowest BCUT2D eigenvalue weighted by atomic mass is 9.98. The molecule has 0 bridgehead atoms. The largest absolute Gasteiger partial charge is 0.394 e. The van der Waals surface area contributed by atoms with Gasteiger partial charge in [-0.25, -0.2) is 4.68 Å². The second kappa shape index (κ2) is 5.36. The van der Waals surface area contributed by atoms with E-state index in [0.29, 0.717) is 6.54 Å². The van der Waals surface area contributed by atoms with Gasteiger partial charge in [-0.05, 0) is 50.0 Å². The first-order valence-corrected chi connectivity index (χ1v) is 7.07. The minimum absolute atomic E-state index is 0.113. The summed E-state index contributed by atoms with van der Waals surface area (Å²) in [7, 11) is 0. The molecule has 0 spiro atoms. The number of rotatable bonds is 8. The zero-order valence-corrected chi connectivity index (χ0v) is 10.8. The first kappa shape index (κ1) is 12.1. The molecule has 0 aromatic carbocycles. The lowest BCUT2D eigenvalue weighted by molar-refractivity contribution is 0.268. The maximum atomic E-state index is 8.81. The first-order chi connectivity index (χ1) is 8.86. The Morgan fingerprint density at radius 2 is 2.06 bits per heavy atom. The first-order valence-electron chi connectivity index (χ1n) is 7.07. The van der Waals surface area contributed by atoms with Crippen LogP contribution in [0.4, 0.5) is 0 Å². The number of aliphatic hydroxyl groups is 1. The van der Waals surface area contributed by atoms with E-state index in [-0.39, 0.29) is 6.61 Å². The van der Waals surface area contributed by atoms with Crippen molar-refractivity contribution in [1.82, 2.24) is 20.3 Å². The monoisotopic (exact) mass is 250 g/mol. The standard InChI is InChI=1S/C13H22N4O/c18-6-5-17-9-12(15-16-17)7-14-8-13(10-1-2-10)11-3-4-11/h9-11,13-14,18H,1-8H2. The third kappa shape index (κ3) is 3.09. The highest BCUT2D eigenvalue weighted by atomic mass is 16.3. The highest BCUT2D eigenvalue weighted by Crippen LogP contribution is 2.48. The van der Waals surface area contributed by atoms with Crippen molar-refractivity contribution >= 4 is 0 Å². The fraction of sp³-hybridized carbons (Fsp3) is 0.846. The van der Waals surface area contributed by atoms with Crippen molar-refractivity contribution in [3.63, 3.8) is 0 Å². The average molecular weight is 250 g/mol. The van der Waals surface area contributed by atoms with Crippen LogP contribution in [0, 0.1) is 17.8 Å². The van der Waals surface area contributed by atoms with Crippen molar-refractivity contribution in [3.05, 3.63) is 11.9 Å². The van der Waals surface area contributed by atoms with E-state index in [4.69, 9.17) is 5.11 Å². The lowest BCUT2D eigenvalue weighted by Crippen LogP contribution is -2.25. The van der Waals surface area contributed by atoms with E-state index >= 15 is 0 Å². The Bertz CT molecular complexity index is 372. The molecule has 0 atom stereocenters. The molecule has 0 aliphatic heterocycles. The average Bonchev–Trinajstić information content (AvgIpc) is 3.27. The van der Waals surface area contributed by atoms with Gasteiger partial charge in [-0.15, -0.1) is 5.10 Å². The maximum Gasteiger partial charge on any atom is 0.0964 e. The van der Waals surface area contributed by atoms with E-state index in [1.54, 1.807) is 4.68 Å². The Morgan fingerprint density at radius 3 is 2.67 bits per heavy atom. The number of aromatic nitrogens is 3. The molecule has 0 amide bonds. The minimum Gasteiger partial charge on any atom is -0.394 e. The van der Waals surface area contributed by atoms with Crippen LogP contribution in [0.25, 0.3) is 0 Å². The molecule has 3 rings (SSSR count). The molecule has 2 aliphatic carbocycles. The fourth-order valence-corrected chi connectivity index (χ4v) is 2.77. The fourth-order valence-electron chi connectivity index (χ4n) is 2.77. The van der Waals surface area contributed by atoms with Crippen molar-refractivity contribution in [3.8, 4) is 0 Å². The van der Waals surface area contributed by atoms with Crippen molar-refractivity contribution in [2.45, 2.75) is 38.8 Å². The molecule has 5 nitrogen and oxygen atoms in total. The summed E-state index contributed by atoms with van der Waals surface area (Å²) in [5, 5.41) is 20.4. The summed E-state index contributed by atoms with van der Waals surface area (Å²) in [4.78, 5) is 0. The van der Waals surface area contributed by atoms with Crippen LogP contribution < -0.4 is 5.32 Å². The topological polar surface area (TPSA) is 63.0 Å². The Labute approximate surface area is 108 Å². The molecule has 1 aromatic rings. The molecule has 0 unspecified atom stereocenters. The Balaban J connectivity index is 1.42. The van der Waals surface area contributed by atoms with Crippen LogP contribution in [0.5, 0.6) is 0 Å². The number of hydrogen-bond acceptors (Lipinski definition) is 4. The van der Waals surface area contributed by atoms with Crippen LogP contribution >= 0.6 is 0 Å². The van der Waals surface area contributed by atoms with Crippen molar-refractivity contribution < 1.29 is 5.11 Å². The molecule has 2 N–H and O–H groups in total. The molecule has 2 fully saturated rings. The molecular weight excluding hydrogens is 228 g/mol. The van der Waals surface area contributed by atoms with E-state index in [0.717, 1.165) is 36.5 Å². The van der Waals surface area contributed by atoms with Gasteiger partial charge in [0, 0.05) is 12.7 Å². The number of hydrogen-bond donors (Lipinski definition) is 2. The Kier molecular flexibility index (Phi) is 3.61. The zero-order chi connectivity index (χ0) is 12.4. The summed E-state index contributed by atoms with van der Waals surface area (Å²) in [6, 6.07) is 0. The predicted octanol–water partition coefficient (Wildman–Crippen LogP) is 0.796. The molecule has 5 heteroatoms. The smallest absolute Gasteiger partial charge is 0.0964 e. The molecular formula is C13H22N4O. The number of nitrogens with one attached hydrogen (secondary N) is 1. The third-order valence-corrected chi connectivity index (χ3v) is 4.06. The van der Waals surface area contributed by atoms with Gasteiger partial charge in [0.15, 0.2) is 0 Å². The van der Waals surface area contributed by atoms with Gasteiger partial charge in [0.05, 0.1) is 18.8 Å². The molecule has 18 heavy (non-hydrogen) atoms. The summed E-state index contributed by atoms with van der Waals surface area (Å²) in [5.41, 5.74) is 0.966. The van der Waals surface area contributed by atoms with Gasteiger partial charge >= 0.3 is 0 Å².